The molecule has 0 fully saturated rings. The van der Waals surface area contributed by atoms with Gasteiger partial charge in [0.15, 0.2) is 5.96 Å². The number of nitrogens with one attached hydrogen (secondary N) is 3. The molecule has 4 unspecified atom stereocenters. The van der Waals surface area contributed by atoms with Gasteiger partial charge in [-0.25, -0.2) is 4.79 Å². The Balaban J connectivity index is 5.37. The molecule has 0 saturated heterocycles. The van der Waals surface area contributed by atoms with E-state index in [0.717, 1.165) is 0 Å². The van der Waals surface area contributed by atoms with E-state index >= 15 is 0 Å². The predicted molar refractivity (Wildman–Crippen MR) is 134 cm³/mol. The molecule has 13 N–H and O–H groups in total. The molecule has 0 aliphatic rings. The van der Waals surface area contributed by atoms with E-state index < -0.39 is 54.5 Å². The van der Waals surface area contributed by atoms with Crippen LogP contribution >= 0.6 is 11.8 Å². The van der Waals surface area contributed by atoms with E-state index in [-0.39, 0.29) is 31.8 Å². The van der Waals surface area contributed by atoms with E-state index in [0.29, 0.717) is 31.6 Å². The molecule has 35 heavy (non-hydrogen) atoms. The van der Waals surface area contributed by atoms with Gasteiger partial charge in [-0.1, -0.05) is 0 Å². The van der Waals surface area contributed by atoms with E-state index in [1.54, 1.807) is 0 Å². The molecule has 0 rings (SSSR count). The zero-order chi connectivity index (χ0) is 26.8. The van der Waals surface area contributed by atoms with E-state index in [9.17, 15) is 24.3 Å². The van der Waals surface area contributed by atoms with Gasteiger partial charge in [0.05, 0.1) is 6.61 Å². The number of unbranched alkanes of at least 4 members (excludes halogenated alkanes) is 1. The van der Waals surface area contributed by atoms with Crippen LogP contribution in [-0.2, 0) is 19.2 Å². The number of aliphatic imine (C=N–C) groups is 1. The summed E-state index contributed by atoms with van der Waals surface area (Å²) in [6.07, 6.45) is 3.84. The number of nitrogens with zero attached hydrogens (tertiary/aromatic N) is 1. The van der Waals surface area contributed by atoms with Gasteiger partial charge >= 0.3 is 5.97 Å². The second-order valence-corrected chi connectivity index (χ2v) is 8.81. The number of aliphatic hydroxyl groups excluding tert-OH is 1. The Labute approximate surface area is 209 Å². The lowest BCUT2D eigenvalue weighted by Crippen LogP contribution is -2.57. The number of rotatable bonds is 19. The smallest absolute Gasteiger partial charge is 0.326 e. The maximum atomic E-state index is 13.0. The highest BCUT2D eigenvalue weighted by Gasteiger charge is 2.29. The number of hydrogen-bond acceptors (Lipinski definition) is 9. The van der Waals surface area contributed by atoms with Crippen LogP contribution in [0.25, 0.3) is 0 Å². The Bertz CT molecular complexity index is 707. The van der Waals surface area contributed by atoms with Gasteiger partial charge in [0, 0.05) is 6.54 Å². The van der Waals surface area contributed by atoms with Crippen LogP contribution < -0.4 is 38.9 Å². The normalized spacial score (nSPS) is 14.2. The Morgan fingerprint density at radius 2 is 1.43 bits per heavy atom. The SMILES string of the molecule is CSCCC(NC(=O)C(CCCCN)NC(=O)C(N)CO)C(=O)NC(CCCN=C(N)N)C(=O)O. The highest BCUT2D eigenvalue weighted by atomic mass is 32.2. The van der Waals surface area contributed by atoms with E-state index in [1.165, 1.54) is 11.8 Å². The van der Waals surface area contributed by atoms with Crippen molar-refractivity contribution in [3.8, 4) is 0 Å². The van der Waals surface area contributed by atoms with E-state index in [4.69, 9.17) is 28.0 Å². The van der Waals surface area contributed by atoms with Crippen LogP contribution in [0.5, 0.6) is 0 Å². The number of nitrogens with two attached hydrogens (primary N) is 4. The first-order valence-electron chi connectivity index (χ1n) is 11.3. The monoisotopic (exact) mass is 520 g/mol. The van der Waals surface area contributed by atoms with Crippen molar-refractivity contribution in [2.24, 2.45) is 27.9 Å². The highest BCUT2D eigenvalue weighted by molar-refractivity contribution is 7.98. The Morgan fingerprint density at radius 3 is 1.94 bits per heavy atom. The Kier molecular flexibility index (Phi) is 17.3. The fraction of sp³-hybridized carbons (Fsp3) is 0.750. The first-order valence-corrected chi connectivity index (χ1v) is 12.7. The molecule has 0 heterocycles. The van der Waals surface area contributed by atoms with Crippen LogP contribution in [0.3, 0.4) is 0 Å². The van der Waals surface area contributed by atoms with Crippen molar-refractivity contribution in [3.63, 3.8) is 0 Å². The number of hydrogen-bond donors (Lipinski definition) is 9. The van der Waals surface area contributed by atoms with Gasteiger partial charge in [-0.2, -0.15) is 11.8 Å². The van der Waals surface area contributed by atoms with Gasteiger partial charge in [0.2, 0.25) is 17.7 Å². The summed E-state index contributed by atoms with van der Waals surface area (Å²) in [5, 5.41) is 26.1. The van der Waals surface area contributed by atoms with E-state index in [2.05, 4.69) is 20.9 Å². The molecule has 0 spiro atoms. The van der Waals surface area contributed by atoms with Crippen LogP contribution in [0.4, 0.5) is 0 Å². The largest absolute Gasteiger partial charge is 0.480 e. The summed E-state index contributed by atoms with van der Waals surface area (Å²) < 4.78 is 0. The number of carbonyl (C=O) groups excluding carboxylic acids is 3. The topological polar surface area (TPSA) is 261 Å². The highest BCUT2D eigenvalue weighted by Crippen LogP contribution is 2.07. The lowest BCUT2D eigenvalue weighted by molar-refractivity contribution is -0.142. The number of aliphatic carboxylic acids is 1. The third-order valence-corrected chi connectivity index (χ3v) is 5.56. The van der Waals surface area contributed by atoms with Gasteiger partial charge in [-0.15, -0.1) is 0 Å². The quantitative estimate of drug-likeness (QED) is 0.0464. The standard InChI is InChI=1S/C20H40N8O6S/c1-35-10-7-14(18(32)28-15(19(33)34)6-4-9-25-20(23)24)27-17(31)13(5-2-3-8-21)26-16(30)12(22)11-29/h12-15,29H,2-11,21-22H2,1H3,(H,26,30)(H,27,31)(H,28,32)(H,33,34)(H4,23,24,25). The summed E-state index contributed by atoms with van der Waals surface area (Å²) in [4.78, 5) is 53.4. The van der Waals surface area contributed by atoms with Crippen LogP contribution in [0.2, 0.25) is 0 Å². The zero-order valence-electron chi connectivity index (χ0n) is 20.1. The molecule has 4 atom stereocenters. The summed E-state index contributed by atoms with van der Waals surface area (Å²) in [5.41, 5.74) is 21.5. The molecule has 0 aliphatic heterocycles. The van der Waals surface area contributed by atoms with Gasteiger partial charge in [-0.05, 0) is 57.1 Å². The molecular formula is C20H40N8O6S. The number of aliphatic hydroxyl groups is 1. The summed E-state index contributed by atoms with van der Waals surface area (Å²) in [7, 11) is 0. The Hall–Kier alpha value is -2.62. The van der Waals surface area contributed by atoms with Crippen LogP contribution in [-0.4, -0.2) is 95.7 Å². The van der Waals surface area contributed by atoms with Crippen molar-refractivity contribution < 1.29 is 29.4 Å². The molecule has 202 valence electrons. The summed E-state index contributed by atoms with van der Waals surface area (Å²) in [6.45, 7) is 0.00716. The predicted octanol–water partition coefficient (Wildman–Crippen LogP) is -3.22. The van der Waals surface area contributed by atoms with Gasteiger partial charge in [0.25, 0.3) is 0 Å². The third kappa shape index (κ3) is 14.4. The van der Waals surface area contributed by atoms with Crippen LogP contribution in [0, 0.1) is 0 Å². The average molecular weight is 521 g/mol. The number of carboxylic acid groups (broad SMARTS) is 1. The van der Waals surface area contributed by atoms with Crippen LogP contribution in [0.1, 0.15) is 38.5 Å². The van der Waals surface area contributed by atoms with Crippen molar-refractivity contribution in [2.45, 2.75) is 62.7 Å². The average Bonchev–Trinajstić information content (AvgIpc) is 2.81. The molecule has 0 radical (unpaired) electrons. The fourth-order valence-corrected chi connectivity index (χ4v) is 3.40. The van der Waals surface area contributed by atoms with Crippen molar-refractivity contribution >= 4 is 41.4 Å². The second-order valence-electron chi connectivity index (χ2n) is 7.83. The molecule has 15 heteroatoms. The van der Waals surface area contributed by atoms with Gasteiger partial charge in [-0.3, -0.25) is 19.4 Å². The van der Waals surface area contributed by atoms with Crippen molar-refractivity contribution in [1.82, 2.24) is 16.0 Å². The number of thioether (sulfide) groups is 1. The maximum Gasteiger partial charge on any atom is 0.326 e. The Morgan fingerprint density at radius 1 is 0.886 bits per heavy atom. The molecule has 0 saturated carbocycles. The summed E-state index contributed by atoms with van der Waals surface area (Å²) in [5.74, 6) is -2.84. The van der Waals surface area contributed by atoms with Gasteiger partial charge < -0.3 is 49.1 Å². The molecule has 0 aromatic heterocycles. The van der Waals surface area contributed by atoms with E-state index in [1.807, 2.05) is 6.26 Å². The summed E-state index contributed by atoms with van der Waals surface area (Å²) >= 11 is 1.45. The molecule has 0 aromatic rings. The third-order valence-electron chi connectivity index (χ3n) is 4.92. The second kappa shape index (κ2) is 18.7. The molecule has 3 amide bonds. The van der Waals surface area contributed by atoms with Crippen molar-refractivity contribution in [1.29, 1.82) is 0 Å². The van der Waals surface area contributed by atoms with Crippen LogP contribution in [0.15, 0.2) is 4.99 Å². The minimum absolute atomic E-state index is 0.0812. The number of carboxylic acids is 1. The minimum atomic E-state index is -1.23. The number of guanidine groups is 1. The number of amides is 3. The molecule has 0 bridgehead atoms. The van der Waals surface area contributed by atoms with Crippen molar-refractivity contribution in [2.75, 3.05) is 31.7 Å². The first-order chi connectivity index (χ1) is 16.6. The molecular weight excluding hydrogens is 480 g/mol. The first kappa shape index (κ1) is 32.4. The lowest BCUT2D eigenvalue weighted by Gasteiger charge is -2.25. The maximum absolute atomic E-state index is 13.0. The molecule has 14 nitrogen and oxygen atoms in total. The summed E-state index contributed by atoms with van der Waals surface area (Å²) in [6, 6.07) is -4.44. The fourth-order valence-electron chi connectivity index (χ4n) is 2.93. The number of carbonyl (C=O) groups is 4. The van der Waals surface area contributed by atoms with Crippen molar-refractivity contribution in [3.05, 3.63) is 0 Å². The molecule has 0 aromatic carbocycles. The molecule has 0 aliphatic carbocycles. The lowest BCUT2D eigenvalue weighted by atomic mass is 10.1. The minimum Gasteiger partial charge on any atom is -0.480 e. The zero-order valence-corrected chi connectivity index (χ0v) is 20.9. The van der Waals surface area contributed by atoms with Gasteiger partial charge in [0.1, 0.15) is 24.2 Å².